The van der Waals surface area contributed by atoms with Gasteiger partial charge in [-0.25, -0.2) is 4.79 Å². The lowest BCUT2D eigenvalue weighted by molar-refractivity contribution is -0.124. The summed E-state index contributed by atoms with van der Waals surface area (Å²) in [5.74, 6) is -0.675. The van der Waals surface area contributed by atoms with E-state index in [0.717, 1.165) is 16.8 Å². The first-order chi connectivity index (χ1) is 10.6. The van der Waals surface area contributed by atoms with Crippen LogP contribution in [0.15, 0.2) is 18.2 Å². The number of hydrogen-bond acceptors (Lipinski definition) is 3. The van der Waals surface area contributed by atoms with Crippen molar-refractivity contribution in [2.75, 3.05) is 24.5 Å². The number of halogens is 3. The van der Waals surface area contributed by atoms with Crippen molar-refractivity contribution in [2.45, 2.75) is 26.9 Å². The molecule has 0 aromatic heterocycles. The van der Waals surface area contributed by atoms with Gasteiger partial charge in [-0.1, -0.05) is 17.7 Å². The number of likely N-dealkylation sites (N-methyl/N-ethyl adjacent to an activating group) is 1. The van der Waals surface area contributed by atoms with Crippen LogP contribution in [0.2, 0.25) is 0 Å². The second-order valence-electron chi connectivity index (χ2n) is 5.15. The van der Waals surface area contributed by atoms with E-state index in [4.69, 9.17) is 0 Å². The van der Waals surface area contributed by atoms with Gasteiger partial charge in [0.2, 0.25) is 5.91 Å². The molecule has 128 valence electrons. The summed E-state index contributed by atoms with van der Waals surface area (Å²) in [6.45, 7) is 4.60. The Balaban J connectivity index is 2.61. The number of aryl methyl sites for hydroxylation is 2. The molecule has 5 nitrogen and oxygen atoms in total. The van der Waals surface area contributed by atoms with Gasteiger partial charge in [0.05, 0.1) is 6.54 Å². The number of carbonyl (C=O) groups excluding carboxylic acids is 2. The number of amides is 3. The Bertz CT molecular complexity index is 574. The van der Waals surface area contributed by atoms with Crippen LogP contribution in [-0.2, 0) is 4.79 Å². The summed E-state index contributed by atoms with van der Waals surface area (Å²) in [5.41, 5.74) is 2.89. The van der Waals surface area contributed by atoms with Crippen LogP contribution in [0, 0.1) is 13.8 Å². The van der Waals surface area contributed by atoms with Crippen molar-refractivity contribution in [2.24, 2.45) is 0 Å². The number of urea groups is 1. The third-order valence-electron chi connectivity index (χ3n) is 3.11. The lowest BCUT2D eigenvalue weighted by Crippen LogP contribution is -2.46. The van der Waals surface area contributed by atoms with Gasteiger partial charge in [-0.05, 0) is 32.4 Å². The van der Waals surface area contributed by atoms with Crippen LogP contribution in [0.5, 0.6) is 0 Å². The molecule has 0 fully saturated rings. The molecule has 0 saturated heterocycles. The van der Waals surface area contributed by atoms with Crippen molar-refractivity contribution in [3.05, 3.63) is 29.3 Å². The lowest BCUT2D eigenvalue weighted by Gasteiger charge is -2.24. The van der Waals surface area contributed by atoms with Crippen molar-refractivity contribution in [3.8, 4) is 0 Å². The maximum absolute atomic E-state index is 12.0. The molecule has 0 bridgehead atoms. The van der Waals surface area contributed by atoms with Crippen LogP contribution in [-0.4, -0.2) is 37.7 Å². The van der Waals surface area contributed by atoms with Gasteiger partial charge in [0, 0.05) is 12.2 Å². The highest BCUT2D eigenvalue weighted by Crippen LogP contribution is 2.20. The quantitative estimate of drug-likeness (QED) is 0.871. The molecule has 1 aromatic rings. The molecule has 0 aliphatic heterocycles. The van der Waals surface area contributed by atoms with Gasteiger partial charge in [0.25, 0.3) is 0 Å². The Morgan fingerprint density at radius 1 is 1.22 bits per heavy atom. The number of rotatable bonds is 5. The van der Waals surface area contributed by atoms with Gasteiger partial charge < -0.3 is 10.2 Å². The molecule has 0 unspecified atom stereocenters. The van der Waals surface area contributed by atoms with E-state index in [1.54, 1.807) is 10.2 Å². The maximum Gasteiger partial charge on any atom is 0.405 e. The van der Waals surface area contributed by atoms with Crippen molar-refractivity contribution >= 4 is 17.6 Å². The molecule has 0 atom stereocenters. The van der Waals surface area contributed by atoms with Crippen molar-refractivity contribution < 1.29 is 22.8 Å². The molecule has 23 heavy (non-hydrogen) atoms. The fourth-order valence-corrected chi connectivity index (χ4v) is 2.09. The molecule has 3 amide bonds. The number of imide groups is 1. The van der Waals surface area contributed by atoms with Crippen LogP contribution < -0.4 is 15.5 Å². The largest absolute Gasteiger partial charge is 0.405 e. The van der Waals surface area contributed by atoms with Crippen LogP contribution >= 0.6 is 0 Å². The zero-order chi connectivity index (χ0) is 17.6. The van der Waals surface area contributed by atoms with Gasteiger partial charge >= 0.3 is 12.2 Å². The molecule has 8 heteroatoms. The molecule has 0 spiro atoms. The number of benzene rings is 1. The maximum atomic E-state index is 12.0. The normalized spacial score (nSPS) is 11.0. The summed E-state index contributed by atoms with van der Waals surface area (Å²) in [6, 6.07) is 4.57. The average molecular weight is 331 g/mol. The van der Waals surface area contributed by atoms with E-state index >= 15 is 0 Å². The summed E-state index contributed by atoms with van der Waals surface area (Å²) in [4.78, 5) is 24.8. The molecule has 1 aromatic carbocycles. The highest BCUT2D eigenvalue weighted by molar-refractivity contribution is 5.96. The van der Waals surface area contributed by atoms with E-state index in [2.05, 4.69) is 0 Å². The summed E-state index contributed by atoms with van der Waals surface area (Å²) in [5, 5.41) is 3.48. The van der Waals surface area contributed by atoms with Crippen LogP contribution in [0.4, 0.5) is 23.7 Å². The smallest absolute Gasteiger partial charge is 0.362 e. The Labute approximate surface area is 132 Å². The summed E-state index contributed by atoms with van der Waals surface area (Å²) in [7, 11) is 0. The fourth-order valence-electron chi connectivity index (χ4n) is 2.09. The molecule has 0 saturated carbocycles. The van der Waals surface area contributed by atoms with E-state index in [0.29, 0.717) is 6.54 Å². The first-order valence-electron chi connectivity index (χ1n) is 7.09. The molecule has 0 radical (unpaired) electrons. The number of anilines is 1. The molecule has 0 heterocycles. The number of nitrogens with zero attached hydrogens (tertiary/aromatic N) is 1. The van der Waals surface area contributed by atoms with E-state index in [-0.39, 0.29) is 6.54 Å². The van der Waals surface area contributed by atoms with Crippen molar-refractivity contribution in [3.63, 3.8) is 0 Å². The Morgan fingerprint density at radius 3 is 2.39 bits per heavy atom. The third kappa shape index (κ3) is 6.58. The van der Waals surface area contributed by atoms with Crippen molar-refractivity contribution in [1.82, 2.24) is 10.6 Å². The molecule has 0 aliphatic rings. The first kappa shape index (κ1) is 18.8. The zero-order valence-corrected chi connectivity index (χ0v) is 13.3. The van der Waals surface area contributed by atoms with Gasteiger partial charge in [0.1, 0.15) is 6.54 Å². The standard InChI is InChI=1S/C15H20F3N3O2/c1-4-21(12-6-5-10(2)7-11(12)3)8-13(22)20-14(23)19-9-15(16,17)18/h5-7H,4,8-9H2,1-3H3,(H2,19,20,22,23). The van der Waals surface area contributed by atoms with Gasteiger partial charge in [0.15, 0.2) is 0 Å². The van der Waals surface area contributed by atoms with Crippen LogP contribution in [0.25, 0.3) is 0 Å². The second-order valence-corrected chi connectivity index (χ2v) is 5.15. The molecule has 1 rings (SSSR count). The highest BCUT2D eigenvalue weighted by atomic mass is 19.4. The summed E-state index contributed by atoms with van der Waals surface area (Å²) < 4.78 is 35.9. The predicted molar refractivity (Wildman–Crippen MR) is 81.4 cm³/mol. The number of nitrogens with one attached hydrogen (secondary N) is 2. The second kappa shape index (κ2) is 7.85. The van der Waals surface area contributed by atoms with E-state index < -0.39 is 24.7 Å². The van der Waals surface area contributed by atoms with E-state index in [9.17, 15) is 22.8 Å². The first-order valence-corrected chi connectivity index (χ1v) is 7.09. The highest BCUT2D eigenvalue weighted by Gasteiger charge is 2.28. The Morgan fingerprint density at radius 2 is 1.87 bits per heavy atom. The SMILES string of the molecule is CCN(CC(=O)NC(=O)NCC(F)(F)F)c1ccc(C)cc1C. The van der Waals surface area contributed by atoms with Gasteiger partial charge in [-0.2, -0.15) is 13.2 Å². The predicted octanol–water partition coefficient (Wildman–Crippen LogP) is 2.52. The monoisotopic (exact) mass is 331 g/mol. The third-order valence-corrected chi connectivity index (χ3v) is 3.11. The summed E-state index contributed by atoms with van der Waals surface area (Å²) in [6.07, 6.45) is -4.52. The average Bonchev–Trinajstić information content (AvgIpc) is 2.42. The van der Waals surface area contributed by atoms with Crippen molar-refractivity contribution in [1.29, 1.82) is 0 Å². The minimum atomic E-state index is -4.52. The Kier molecular flexibility index (Phi) is 6.41. The van der Waals surface area contributed by atoms with Gasteiger partial charge in [-0.15, -0.1) is 0 Å². The topological polar surface area (TPSA) is 61.4 Å². The van der Waals surface area contributed by atoms with E-state index in [1.807, 2.05) is 44.3 Å². The van der Waals surface area contributed by atoms with E-state index in [1.165, 1.54) is 0 Å². The number of alkyl halides is 3. The minimum Gasteiger partial charge on any atom is -0.362 e. The summed E-state index contributed by atoms with van der Waals surface area (Å²) >= 11 is 0. The molecular weight excluding hydrogens is 311 g/mol. The lowest BCUT2D eigenvalue weighted by atomic mass is 10.1. The fraction of sp³-hybridized carbons (Fsp3) is 0.467. The van der Waals surface area contributed by atoms with Crippen LogP contribution in [0.1, 0.15) is 18.1 Å². The zero-order valence-electron chi connectivity index (χ0n) is 13.3. The minimum absolute atomic E-state index is 0.125. The number of carbonyl (C=O) groups is 2. The number of hydrogen-bond donors (Lipinski definition) is 2. The molecular formula is C15H20F3N3O2. The van der Waals surface area contributed by atoms with Gasteiger partial charge in [-0.3, -0.25) is 10.1 Å². The molecule has 2 N–H and O–H groups in total. The molecule has 0 aliphatic carbocycles. The van der Waals surface area contributed by atoms with Crippen LogP contribution in [0.3, 0.4) is 0 Å². The Hall–Kier alpha value is -2.25.